The van der Waals surface area contributed by atoms with Crippen molar-refractivity contribution in [2.24, 2.45) is 10.7 Å². The topological polar surface area (TPSA) is 60.1 Å². The molecule has 1 heterocycles. The van der Waals surface area contributed by atoms with Gasteiger partial charge in [-0.3, -0.25) is 4.99 Å². The third-order valence-electron chi connectivity index (χ3n) is 3.19. The number of rotatable bonds is 4. The van der Waals surface area contributed by atoms with Crippen molar-refractivity contribution in [1.29, 1.82) is 0 Å². The minimum Gasteiger partial charge on any atom is -0.370 e. The number of guanidine groups is 1. The average Bonchev–Trinajstić information content (AvgIpc) is 3.01. The van der Waals surface area contributed by atoms with Gasteiger partial charge in [0.25, 0.3) is 0 Å². The second-order valence-corrected chi connectivity index (χ2v) is 4.66. The van der Waals surface area contributed by atoms with E-state index >= 15 is 0 Å². The minimum atomic E-state index is -0.456. The van der Waals surface area contributed by atoms with Crippen LogP contribution in [0.2, 0.25) is 0 Å². The van der Waals surface area contributed by atoms with Gasteiger partial charge >= 0.3 is 0 Å². The summed E-state index contributed by atoms with van der Waals surface area (Å²) in [6.07, 6.45) is 3.22. The van der Waals surface area contributed by atoms with E-state index in [0.29, 0.717) is 31.8 Å². The fourth-order valence-corrected chi connectivity index (χ4v) is 1.84. The van der Waals surface area contributed by atoms with Crippen LogP contribution < -0.4 is 5.73 Å². The third kappa shape index (κ3) is 2.86. The molecule has 0 aromatic carbocycles. The van der Waals surface area contributed by atoms with E-state index in [-0.39, 0.29) is 0 Å². The van der Waals surface area contributed by atoms with E-state index in [0.717, 1.165) is 6.42 Å². The Morgan fingerprint density at radius 3 is 2.62 bits per heavy atom. The molecular formula is C11H21N3O2. The van der Waals surface area contributed by atoms with Crippen molar-refractivity contribution in [2.45, 2.75) is 38.0 Å². The lowest BCUT2D eigenvalue weighted by Crippen LogP contribution is -2.36. The van der Waals surface area contributed by atoms with Gasteiger partial charge in [-0.25, -0.2) is 0 Å². The zero-order valence-electron chi connectivity index (χ0n) is 10.1. The van der Waals surface area contributed by atoms with E-state index in [1.54, 1.807) is 0 Å². The lowest BCUT2D eigenvalue weighted by molar-refractivity contribution is -0.144. The molecule has 0 spiro atoms. The summed E-state index contributed by atoms with van der Waals surface area (Å²) in [5, 5.41) is 0. The molecule has 1 aliphatic heterocycles. The molecule has 0 unspecified atom stereocenters. The molecule has 2 fully saturated rings. The summed E-state index contributed by atoms with van der Waals surface area (Å²) >= 11 is 0. The molecule has 0 amide bonds. The number of ether oxygens (including phenoxy) is 2. The molecule has 92 valence electrons. The van der Waals surface area contributed by atoms with E-state index in [9.17, 15) is 0 Å². The first-order valence-electron chi connectivity index (χ1n) is 5.91. The molecule has 0 bridgehead atoms. The Morgan fingerprint density at radius 1 is 1.44 bits per heavy atom. The normalized spacial score (nSPS) is 24.8. The number of hydrogen-bond acceptors (Lipinski definition) is 3. The standard InChI is InChI=1S/C11H21N3O2/c1-11(15-7-8-16-11)5-6-13-10(12)14(2)9-3-4-9/h9H,3-8H2,1-2H3,(H2,12,13). The van der Waals surface area contributed by atoms with Crippen LogP contribution in [0.4, 0.5) is 0 Å². The van der Waals surface area contributed by atoms with Gasteiger partial charge in [-0.1, -0.05) is 0 Å². The quantitative estimate of drug-likeness (QED) is 0.563. The van der Waals surface area contributed by atoms with E-state index in [1.165, 1.54) is 12.8 Å². The number of nitrogens with zero attached hydrogens (tertiary/aromatic N) is 2. The van der Waals surface area contributed by atoms with E-state index < -0.39 is 5.79 Å². The molecule has 2 N–H and O–H groups in total. The van der Waals surface area contributed by atoms with Gasteiger partial charge in [0.1, 0.15) is 0 Å². The Labute approximate surface area is 96.6 Å². The smallest absolute Gasteiger partial charge is 0.191 e. The van der Waals surface area contributed by atoms with Gasteiger partial charge in [-0.15, -0.1) is 0 Å². The average molecular weight is 227 g/mol. The van der Waals surface area contributed by atoms with Crippen molar-refractivity contribution in [1.82, 2.24) is 4.90 Å². The monoisotopic (exact) mass is 227 g/mol. The molecule has 0 atom stereocenters. The maximum absolute atomic E-state index is 5.88. The second-order valence-electron chi connectivity index (χ2n) is 4.66. The Morgan fingerprint density at radius 2 is 2.06 bits per heavy atom. The molecule has 0 aromatic heterocycles. The Hall–Kier alpha value is -0.810. The predicted molar refractivity (Wildman–Crippen MR) is 62.2 cm³/mol. The summed E-state index contributed by atoms with van der Waals surface area (Å²) in [6, 6.07) is 0.610. The molecule has 2 rings (SSSR count). The Kier molecular flexibility index (Phi) is 3.35. The first-order valence-corrected chi connectivity index (χ1v) is 5.91. The molecule has 2 aliphatic rings. The van der Waals surface area contributed by atoms with E-state index in [2.05, 4.69) is 9.89 Å². The number of nitrogens with two attached hydrogens (primary N) is 1. The highest BCUT2D eigenvalue weighted by atomic mass is 16.7. The van der Waals surface area contributed by atoms with Gasteiger partial charge in [0.2, 0.25) is 0 Å². The third-order valence-corrected chi connectivity index (χ3v) is 3.19. The minimum absolute atomic E-state index is 0.456. The molecule has 0 radical (unpaired) electrons. The summed E-state index contributed by atoms with van der Waals surface area (Å²) in [7, 11) is 2.00. The SMILES string of the molecule is CN(C(N)=NCCC1(C)OCCO1)C1CC1. The summed E-state index contributed by atoms with van der Waals surface area (Å²) < 4.78 is 11.0. The fraction of sp³-hybridized carbons (Fsp3) is 0.909. The van der Waals surface area contributed by atoms with Crippen LogP contribution in [0.15, 0.2) is 4.99 Å². The van der Waals surface area contributed by atoms with Gasteiger partial charge in [-0.2, -0.15) is 0 Å². The molecule has 16 heavy (non-hydrogen) atoms. The largest absolute Gasteiger partial charge is 0.370 e. The van der Waals surface area contributed by atoms with E-state index in [1.807, 2.05) is 14.0 Å². The lowest BCUT2D eigenvalue weighted by Gasteiger charge is -2.22. The molecule has 5 nitrogen and oxygen atoms in total. The van der Waals surface area contributed by atoms with Crippen molar-refractivity contribution in [3.05, 3.63) is 0 Å². The lowest BCUT2D eigenvalue weighted by atomic mass is 10.2. The summed E-state index contributed by atoms with van der Waals surface area (Å²) in [5.74, 6) is 0.172. The molecule has 0 aromatic rings. The first kappa shape index (κ1) is 11.7. The fourth-order valence-electron chi connectivity index (χ4n) is 1.84. The van der Waals surface area contributed by atoms with Gasteiger partial charge in [0.15, 0.2) is 11.7 Å². The van der Waals surface area contributed by atoms with Crippen LogP contribution in [0.1, 0.15) is 26.2 Å². The summed E-state index contributed by atoms with van der Waals surface area (Å²) in [4.78, 5) is 6.41. The Bertz CT molecular complexity index is 270. The van der Waals surface area contributed by atoms with Crippen LogP contribution >= 0.6 is 0 Å². The number of aliphatic imine (C=N–C) groups is 1. The first-order chi connectivity index (χ1) is 7.61. The highest BCUT2D eigenvalue weighted by Crippen LogP contribution is 2.25. The van der Waals surface area contributed by atoms with E-state index in [4.69, 9.17) is 15.2 Å². The van der Waals surface area contributed by atoms with Crippen molar-refractivity contribution in [3.8, 4) is 0 Å². The highest BCUT2D eigenvalue weighted by Gasteiger charge is 2.30. The maximum Gasteiger partial charge on any atom is 0.191 e. The van der Waals surface area contributed by atoms with Crippen molar-refractivity contribution in [3.63, 3.8) is 0 Å². The van der Waals surface area contributed by atoms with Crippen molar-refractivity contribution in [2.75, 3.05) is 26.8 Å². The predicted octanol–water partition coefficient (Wildman–Crippen LogP) is 0.548. The second kappa shape index (κ2) is 4.59. The van der Waals surface area contributed by atoms with Crippen LogP contribution in [0.25, 0.3) is 0 Å². The molecule has 1 aliphatic carbocycles. The Balaban J connectivity index is 1.75. The van der Waals surface area contributed by atoms with Gasteiger partial charge in [0, 0.05) is 26.1 Å². The maximum atomic E-state index is 5.88. The van der Waals surface area contributed by atoms with Crippen LogP contribution in [0, 0.1) is 0 Å². The molecular weight excluding hydrogens is 206 g/mol. The highest BCUT2D eigenvalue weighted by molar-refractivity contribution is 5.78. The van der Waals surface area contributed by atoms with Gasteiger partial charge in [-0.05, 0) is 19.8 Å². The van der Waals surface area contributed by atoms with Gasteiger partial charge < -0.3 is 20.1 Å². The van der Waals surface area contributed by atoms with Crippen molar-refractivity contribution >= 4 is 5.96 Å². The number of hydrogen-bond donors (Lipinski definition) is 1. The molecule has 5 heteroatoms. The van der Waals surface area contributed by atoms with Crippen LogP contribution in [-0.2, 0) is 9.47 Å². The zero-order valence-corrected chi connectivity index (χ0v) is 10.1. The zero-order chi connectivity index (χ0) is 11.6. The summed E-state index contributed by atoms with van der Waals surface area (Å²) in [6.45, 7) is 3.96. The molecule has 1 saturated carbocycles. The van der Waals surface area contributed by atoms with Crippen LogP contribution in [0.5, 0.6) is 0 Å². The van der Waals surface area contributed by atoms with Crippen LogP contribution in [0.3, 0.4) is 0 Å². The van der Waals surface area contributed by atoms with Gasteiger partial charge in [0.05, 0.1) is 13.2 Å². The molecule has 1 saturated heterocycles. The van der Waals surface area contributed by atoms with Crippen LogP contribution in [-0.4, -0.2) is 49.5 Å². The van der Waals surface area contributed by atoms with Crippen molar-refractivity contribution < 1.29 is 9.47 Å². The summed E-state index contributed by atoms with van der Waals surface area (Å²) in [5.41, 5.74) is 5.88.